The third-order valence-corrected chi connectivity index (χ3v) is 4.81. The smallest absolute Gasteiger partial charge is 0.303 e. The van der Waals surface area contributed by atoms with Crippen molar-refractivity contribution in [1.82, 2.24) is 19.8 Å². The Morgan fingerprint density at radius 3 is 2.89 bits per heavy atom. The monoisotopic (exact) mass is 280 g/mol. The lowest BCUT2D eigenvalue weighted by molar-refractivity contribution is -0.140. The Balaban J connectivity index is 1.83. The fourth-order valence-electron chi connectivity index (χ4n) is 3.03. The van der Waals surface area contributed by atoms with Crippen molar-refractivity contribution in [3.8, 4) is 0 Å². The van der Waals surface area contributed by atoms with Gasteiger partial charge in [0.05, 0.1) is 6.42 Å². The van der Waals surface area contributed by atoms with Gasteiger partial charge in [-0.3, -0.25) is 4.79 Å². The van der Waals surface area contributed by atoms with Crippen LogP contribution in [0.1, 0.15) is 43.5 Å². The molecule has 0 aromatic carbocycles. The molecule has 2 aromatic heterocycles. The molecule has 1 N–H and O–H groups in total. The van der Waals surface area contributed by atoms with Crippen molar-refractivity contribution in [2.75, 3.05) is 0 Å². The molecule has 0 unspecified atom stereocenters. The molecular formula is C12H16N4O2S. The maximum atomic E-state index is 11.1. The molecule has 0 radical (unpaired) electrons. The molecular weight excluding hydrogens is 264 g/mol. The molecule has 2 heterocycles. The summed E-state index contributed by atoms with van der Waals surface area (Å²) in [7, 11) is 0. The molecule has 0 spiro atoms. The zero-order valence-electron chi connectivity index (χ0n) is 10.6. The second-order valence-corrected chi connectivity index (χ2v) is 6.40. The number of aliphatic carboxylic acids is 1. The molecule has 0 bridgehead atoms. The molecule has 3 rings (SSSR count). The van der Waals surface area contributed by atoms with Crippen LogP contribution in [0.25, 0.3) is 4.96 Å². The van der Waals surface area contributed by atoms with E-state index in [4.69, 9.17) is 5.11 Å². The number of carbonyl (C=O) groups is 1. The van der Waals surface area contributed by atoms with E-state index in [1.807, 2.05) is 0 Å². The number of nitrogens with zero attached hydrogens (tertiary/aromatic N) is 4. The van der Waals surface area contributed by atoms with Crippen LogP contribution >= 0.6 is 11.3 Å². The summed E-state index contributed by atoms with van der Waals surface area (Å²) < 4.78 is 1.66. The molecule has 6 nitrogen and oxygen atoms in total. The van der Waals surface area contributed by atoms with E-state index in [0.717, 1.165) is 42.1 Å². The first kappa shape index (κ1) is 12.5. The van der Waals surface area contributed by atoms with E-state index in [2.05, 4.69) is 15.3 Å². The van der Waals surface area contributed by atoms with Crippen LogP contribution in [0.2, 0.25) is 0 Å². The van der Waals surface area contributed by atoms with Gasteiger partial charge >= 0.3 is 5.97 Å². The molecule has 1 aliphatic rings. The highest BCUT2D eigenvalue weighted by atomic mass is 32.1. The van der Waals surface area contributed by atoms with Crippen LogP contribution in [0.4, 0.5) is 0 Å². The molecule has 0 aliphatic heterocycles. The highest BCUT2D eigenvalue weighted by Crippen LogP contribution is 2.42. The van der Waals surface area contributed by atoms with Gasteiger partial charge in [-0.15, -0.1) is 10.2 Å². The van der Waals surface area contributed by atoms with Crippen LogP contribution in [-0.4, -0.2) is 30.9 Å². The molecule has 2 aromatic rings. The average Bonchev–Trinajstić information content (AvgIpc) is 2.89. The van der Waals surface area contributed by atoms with E-state index in [1.54, 1.807) is 10.8 Å². The quantitative estimate of drug-likeness (QED) is 0.928. The van der Waals surface area contributed by atoms with Gasteiger partial charge in [0.15, 0.2) is 0 Å². The number of carboxylic acids is 1. The van der Waals surface area contributed by atoms with Crippen molar-refractivity contribution >= 4 is 22.3 Å². The molecule has 1 fully saturated rings. The third kappa shape index (κ3) is 2.60. The largest absolute Gasteiger partial charge is 0.481 e. The van der Waals surface area contributed by atoms with E-state index in [9.17, 15) is 4.79 Å². The summed E-state index contributed by atoms with van der Waals surface area (Å²) in [6, 6.07) is 0. The fourth-order valence-corrected chi connectivity index (χ4v) is 4.02. The Kier molecular flexibility index (Phi) is 3.22. The zero-order valence-corrected chi connectivity index (χ0v) is 11.4. The van der Waals surface area contributed by atoms with Crippen molar-refractivity contribution in [2.45, 2.75) is 44.9 Å². The zero-order chi connectivity index (χ0) is 13.3. The molecule has 0 atom stereocenters. The van der Waals surface area contributed by atoms with E-state index in [1.165, 1.54) is 17.8 Å². The van der Waals surface area contributed by atoms with Gasteiger partial charge in [-0.25, -0.2) is 0 Å². The molecule has 1 saturated carbocycles. The van der Waals surface area contributed by atoms with Gasteiger partial charge in [0.25, 0.3) is 0 Å². The SMILES string of the molecule is O=C(O)CC1(Cc2nn3cnnc3s2)CCCCC1. The summed E-state index contributed by atoms with van der Waals surface area (Å²) >= 11 is 1.51. The van der Waals surface area contributed by atoms with Gasteiger partial charge in [0.2, 0.25) is 4.96 Å². The van der Waals surface area contributed by atoms with Crippen LogP contribution < -0.4 is 0 Å². The van der Waals surface area contributed by atoms with Crippen LogP contribution in [0, 0.1) is 5.41 Å². The summed E-state index contributed by atoms with van der Waals surface area (Å²) in [5, 5.41) is 22.3. The average molecular weight is 280 g/mol. The van der Waals surface area contributed by atoms with Crippen molar-refractivity contribution < 1.29 is 9.90 Å². The van der Waals surface area contributed by atoms with E-state index in [-0.39, 0.29) is 11.8 Å². The minimum Gasteiger partial charge on any atom is -0.481 e. The second-order valence-electron chi connectivity index (χ2n) is 5.36. The minimum atomic E-state index is -0.704. The first-order chi connectivity index (χ1) is 9.17. The van der Waals surface area contributed by atoms with Gasteiger partial charge in [-0.2, -0.15) is 9.61 Å². The lowest BCUT2D eigenvalue weighted by Gasteiger charge is -2.35. The first-order valence-electron chi connectivity index (χ1n) is 6.54. The topological polar surface area (TPSA) is 80.4 Å². The van der Waals surface area contributed by atoms with Crippen molar-refractivity contribution in [3.05, 3.63) is 11.3 Å². The number of fused-ring (bicyclic) bond motifs is 1. The number of carboxylic acid groups (broad SMARTS) is 1. The maximum absolute atomic E-state index is 11.1. The Bertz CT molecular complexity index is 557. The minimum absolute atomic E-state index is 0.118. The highest BCUT2D eigenvalue weighted by Gasteiger charge is 2.35. The second kappa shape index (κ2) is 4.88. The highest BCUT2D eigenvalue weighted by molar-refractivity contribution is 7.16. The van der Waals surface area contributed by atoms with Crippen molar-refractivity contribution in [3.63, 3.8) is 0 Å². The molecule has 7 heteroatoms. The van der Waals surface area contributed by atoms with Crippen LogP contribution in [0.5, 0.6) is 0 Å². The van der Waals surface area contributed by atoms with E-state index >= 15 is 0 Å². The van der Waals surface area contributed by atoms with Crippen molar-refractivity contribution in [2.24, 2.45) is 5.41 Å². The standard InChI is InChI=1S/C12H16N4O2S/c17-10(18)7-12(4-2-1-3-5-12)6-9-15-16-8-13-14-11(16)19-9/h8H,1-7H2,(H,17,18). The normalized spacial score (nSPS) is 18.7. The van der Waals surface area contributed by atoms with Gasteiger partial charge in [0.1, 0.15) is 11.3 Å². The van der Waals surface area contributed by atoms with Crippen LogP contribution in [0.3, 0.4) is 0 Å². The Labute approximate surface area is 114 Å². The summed E-state index contributed by atoms with van der Waals surface area (Å²) in [6.45, 7) is 0. The van der Waals surface area contributed by atoms with E-state index in [0.29, 0.717) is 0 Å². The van der Waals surface area contributed by atoms with E-state index < -0.39 is 5.97 Å². The Morgan fingerprint density at radius 1 is 1.42 bits per heavy atom. The number of hydrogen-bond acceptors (Lipinski definition) is 5. The molecule has 0 amide bonds. The lowest BCUT2D eigenvalue weighted by Crippen LogP contribution is -2.29. The van der Waals surface area contributed by atoms with Crippen LogP contribution in [-0.2, 0) is 11.2 Å². The summed E-state index contributed by atoms with van der Waals surface area (Å²) in [4.78, 5) is 11.9. The molecule has 102 valence electrons. The van der Waals surface area contributed by atoms with Crippen molar-refractivity contribution in [1.29, 1.82) is 0 Å². The molecule has 0 saturated heterocycles. The number of rotatable bonds is 4. The van der Waals surface area contributed by atoms with Gasteiger partial charge in [0, 0.05) is 6.42 Å². The van der Waals surface area contributed by atoms with Gasteiger partial charge in [-0.1, -0.05) is 30.6 Å². The number of hydrogen-bond donors (Lipinski definition) is 1. The van der Waals surface area contributed by atoms with Gasteiger partial charge < -0.3 is 5.11 Å². The fraction of sp³-hybridized carbons (Fsp3) is 0.667. The lowest BCUT2D eigenvalue weighted by atomic mass is 9.70. The summed E-state index contributed by atoms with van der Waals surface area (Å²) in [5.41, 5.74) is -0.118. The maximum Gasteiger partial charge on any atom is 0.303 e. The predicted octanol–water partition coefficient (Wildman–Crippen LogP) is 2.15. The molecule has 1 aliphatic carbocycles. The molecule has 19 heavy (non-hydrogen) atoms. The Hall–Kier alpha value is -1.50. The third-order valence-electron chi connectivity index (χ3n) is 3.90. The predicted molar refractivity (Wildman–Crippen MR) is 70.1 cm³/mol. The summed E-state index contributed by atoms with van der Waals surface area (Å²) in [6.07, 6.45) is 8.00. The first-order valence-corrected chi connectivity index (χ1v) is 7.36. The van der Waals surface area contributed by atoms with Gasteiger partial charge in [-0.05, 0) is 18.3 Å². The van der Waals surface area contributed by atoms with Crippen LogP contribution in [0.15, 0.2) is 6.33 Å². The Morgan fingerprint density at radius 2 is 2.21 bits per heavy atom. The summed E-state index contributed by atoms with van der Waals surface area (Å²) in [5.74, 6) is -0.704. The number of aromatic nitrogens is 4.